The number of nitrogens with zero attached hydrogens (tertiary/aromatic N) is 1. The summed E-state index contributed by atoms with van der Waals surface area (Å²) in [7, 11) is -3.63. The molecule has 3 aliphatic rings. The van der Waals surface area contributed by atoms with E-state index in [0.29, 0.717) is 19.8 Å². The Hall–Kier alpha value is -2.58. The molecule has 176 valence electrons. The van der Waals surface area contributed by atoms with Gasteiger partial charge >= 0.3 is 0 Å². The maximum Gasteiger partial charge on any atom is 0.240 e. The zero-order valence-corrected chi connectivity index (χ0v) is 19.7. The summed E-state index contributed by atoms with van der Waals surface area (Å²) in [6.07, 6.45) is 4.47. The van der Waals surface area contributed by atoms with Gasteiger partial charge in [0.15, 0.2) is 11.5 Å². The summed E-state index contributed by atoms with van der Waals surface area (Å²) in [5.41, 5.74) is 2.33. The highest BCUT2D eigenvalue weighted by Crippen LogP contribution is 2.52. The number of ether oxygens (including phenoxy) is 2. The van der Waals surface area contributed by atoms with Crippen molar-refractivity contribution in [2.24, 2.45) is 0 Å². The number of hydrogen-bond donors (Lipinski definition) is 1. The van der Waals surface area contributed by atoms with E-state index < -0.39 is 10.0 Å². The summed E-state index contributed by atoms with van der Waals surface area (Å²) in [6, 6.07) is 12.3. The van der Waals surface area contributed by atoms with Crippen LogP contribution in [0.25, 0.3) is 0 Å². The predicted molar refractivity (Wildman–Crippen MR) is 124 cm³/mol. The Morgan fingerprint density at radius 2 is 1.76 bits per heavy atom. The van der Waals surface area contributed by atoms with Crippen molar-refractivity contribution in [3.63, 3.8) is 0 Å². The minimum atomic E-state index is -3.63. The van der Waals surface area contributed by atoms with Gasteiger partial charge in [0.25, 0.3) is 0 Å². The van der Waals surface area contributed by atoms with Gasteiger partial charge in [-0.3, -0.25) is 4.79 Å². The number of fused-ring (bicyclic) bond motifs is 3. The molecule has 1 spiro atoms. The average molecular weight is 471 g/mol. The number of benzene rings is 2. The van der Waals surface area contributed by atoms with Crippen molar-refractivity contribution < 1.29 is 22.7 Å². The molecule has 1 atom stereocenters. The van der Waals surface area contributed by atoms with Crippen LogP contribution in [0.1, 0.15) is 56.2 Å². The normalized spacial score (nSPS) is 21.1. The third-order valence-corrected chi connectivity index (χ3v) is 8.72. The van der Waals surface area contributed by atoms with E-state index in [1.807, 2.05) is 17.9 Å². The van der Waals surface area contributed by atoms with Crippen LogP contribution in [-0.4, -0.2) is 45.5 Å². The van der Waals surface area contributed by atoms with Crippen molar-refractivity contribution in [2.75, 3.05) is 26.3 Å². The Labute approximate surface area is 195 Å². The van der Waals surface area contributed by atoms with E-state index in [1.165, 1.54) is 5.56 Å². The van der Waals surface area contributed by atoms with Crippen LogP contribution in [0.2, 0.25) is 0 Å². The monoisotopic (exact) mass is 470 g/mol. The summed E-state index contributed by atoms with van der Waals surface area (Å²) in [5.74, 6) is 1.50. The summed E-state index contributed by atoms with van der Waals surface area (Å²) in [5, 5.41) is 0. The Balaban J connectivity index is 1.35. The Kier molecular flexibility index (Phi) is 5.82. The van der Waals surface area contributed by atoms with E-state index in [-0.39, 0.29) is 35.2 Å². The molecule has 8 heteroatoms. The van der Waals surface area contributed by atoms with E-state index in [9.17, 15) is 13.2 Å². The van der Waals surface area contributed by atoms with Crippen LogP contribution in [0, 0.1) is 0 Å². The number of hydrogen-bond acceptors (Lipinski definition) is 5. The second-order valence-corrected chi connectivity index (χ2v) is 11.0. The SMILES string of the molecule is CC1c2cc3c(cc2C2(CCCC2)CN1C(=O)CCNS(=O)(=O)c1ccccc1)OCCO3. The Bertz CT molecular complexity index is 1140. The summed E-state index contributed by atoms with van der Waals surface area (Å²) < 4.78 is 39.2. The van der Waals surface area contributed by atoms with Gasteiger partial charge in [-0.15, -0.1) is 0 Å². The van der Waals surface area contributed by atoms with Crippen molar-refractivity contribution >= 4 is 15.9 Å². The zero-order chi connectivity index (χ0) is 23.1. The van der Waals surface area contributed by atoms with Crippen molar-refractivity contribution in [1.82, 2.24) is 9.62 Å². The molecule has 2 aliphatic heterocycles. The second-order valence-electron chi connectivity index (χ2n) is 9.23. The molecule has 1 fully saturated rings. The molecule has 0 saturated heterocycles. The molecule has 2 heterocycles. The first-order chi connectivity index (χ1) is 15.9. The maximum atomic E-state index is 13.3. The maximum absolute atomic E-state index is 13.3. The molecule has 1 N–H and O–H groups in total. The highest BCUT2D eigenvalue weighted by Gasteiger charge is 2.46. The molecule has 33 heavy (non-hydrogen) atoms. The minimum Gasteiger partial charge on any atom is -0.486 e. The molecule has 0 aromatic heterocycles. The standard InChI is InChI=1S/C25H30N2O5S/c1-18-20-15-22-23(32-14-13-31-22)16-21(20)25(10-5-6-11-25)17-27(18)24(28)9-12-26-33(29,30)19-7-3-2-4-8-19/h2-4,7-8,15-16,18,26H,5-6,9-14,17H2,1H3. The average Bonchev–Trinajstić information content (AvgIpc) is 3.30. The molecule has 2 aromatic carbocycles. The van der Waals surface area contributed by atoms with Crippen LogP contribution in [0.15, 0.2) is 47.4 Å². The highest BCUT2D eigenvalue weighted by molar-refractivity contribution is 7.89. The van der Waals surface area contributed by atoms with Crippen LogP contribution in [0.3, 0.4) is 0 Å². The topological polar surface area (TPSA) is 84.9 Å². The zero-order valence-electron chi connectivity index (χ0n) is 18.9. The molecule has 2 aromatic rings. The van der Waals surface area contributed by atoms with Gasteiger partial charge in [-0.1, -0.05) is 31.0 Å². The molecule has 7 nitrogen and oxygen atoms in total. The first-order valence-electron chi connectivity index (χ1n) is 11.7. The van der Waals surface area contributed by atoms with Gasteiger partial charge in [0.05, 0.1) is 10.9 Å². The first kappa shape index (κ1) is 22.2. The van der Waals surface area contributed by atoms with Crippen LogP contribution >= 0.6 is 0 Å². The Morgan fingerprint density at radius 3 is 2.45 bits per heavy atom. The van der Waals surface area contributed by atoms with Gasteiger partial charge in [-0.2, -0.15) is 0 Å². The Morgan fingerprint density at radius 1 is 1.09 bits per heavy atom. The molecular weight excluding hydrogens is 440 g/mol. The lowest BCUT2D eigenvalue weighted by Crippen LogP contribution is -2.49. The van der Waals surface area contributed by atoms with E-state index in [1.54, 1.807) is 30.3 Å². The fourth-order valence-corrected chi connectivity index (χ4v) is 6.58. The van der Waals surface area contributed by atoms with Crippen molar-refractivity contribution in [1.29, 1.82) is 0 Å². The molecule has 0 radical (unpaired) electrons. The number of carbonyl (C=O) groups is 1. The fraction of sp³-hybridized carbons (Fsp3) is 0.480. The van der Waals surface area contributed by atoms with Gasteiger partial charge < -0.3 is 14.4 Å². The third kappa shape index (κ3) is 4.10. The molecule has 1 unspecified atom stereocenters. The third-order valence-electron chi connectivity index (χ3n) is 7.24. The smallest absolute Gasteiger partial charge is 0.240 e. The molecule has 1 amide bonds. The molecular formula is C25H30N2O5S. The molecule has 1 saturated carbocycles. The highest BCUT2D eigenvalue weighted by atomic mass is 32.2. The summed E-state index contributed by atoms with van der Waals surface area (Å²) >= 11 is 0. The number of nitrogens with one attached hydrogen (secondary N) is 1. The molecule has 1 aliphatic carbocycles. The second kappa shape index (κ2) is 8.65. The van der Waals surface area contributed by atoms with E-state index in [2.05, 4.69) is 10.8 Å². The lowest BCUT2D eigenvalue weighted by atomic mass is 9.71. The van der Waals surface area contributed by atoms with Gasteiger partial charge in [0.1, 0.15) is 13.2 Å². The van der Waals surface area contributed by atoms with Gasteiger partial charge in [0, 0.05) is 24.9 Å². The van der Waals surface area contributed by atoms with Crippen molar-refractivity contribution in [2.45, 2.75) is 55.4 Å². The quantitative estimate of drug-likeness (QED) is 0.723. The minimum absolute atomic E-state index is 0.0370. The number of sulfonamides is 1. The first-order valence-corrected chi connectivity index (χ1v) is 13.2. The van der Waals surface area contributed by atoms with Crippen LogP contribution in [-0.2, 0) is 20.2 Å². The fourth-order valence-electron chi connectivity index (χ4n) is 5.53. The van der Waals surface area contributed by atoms with E-state index in [0.717, 1.165) is 42.7 Å². The number of carbonyl (C=O) groups excluding carboxylic acids is 1. The van der Waals surface area contributed by atoms with E-state index >= 15 is 0 Å². The number of rotatable bonds is 5. The van der Waals surface area contributed by atoms with Gasteiger partial charge in [0.2, 0.25) is 15.9 Å². The van der Waals surface area contributed by atoms with Crippen LogP contribution in [0.5, 0.6) is 11.5 Å². The summed E-state index contributed by atoms with van der Waals surface area (Å²) in [4.78, 5) is 15.4. The van der Waals surface area contributed by atoms with E-state index in [4.69, 9.17) is 9.47 Å². The lowest BCUT2D eigenvalue weighted by Gasteiger charge is -2.46. The molecule has 0 bridgehead atoms. The van der Waals surface area contributed by atoms with Crippen molar-refractivity contribution in [3.05, 3.63) is 53.6 Å². The van der Waals surface area contributed by atoms with Gasteiger partial charge in [-0.25, -0.2) is 13.1 Å². The van der Waals surface area contributed by atoms with Crippen LogP contribution in [0.4, 0.5) is 0 Å². The van der Waals surface area contributed by atoms with Crippen molar-refractivity contribution in [3.8, 4) is 11.5 Å². The lowest BCUT2D eigenvalue weighted by molar-refractivity contribution is -0.135. The largest absolute Gasteiger partial charge is 0.486 e. The van der Waals surface area contributed by atoms with Gasteiger partial charge in [-0.05, 0) is 55.2 Å². The van der Waals surface area contributed by atoms with Crippen LogP contribution < -0.4 is 14.2 Å². The molecule has 5 rings (SSSR count). The summed E-state index contributed by atoms with van der Waals surface area (Å²) in [6.45, 7) is 3.85. The predicted octanol–water partition coefficient (Wildman–Crippen LogP) is 3.54. The number of amides is 1.